The Labute approximate surface area is 324 Å². The molecule has 19 heteroatoms. The number of nitrogens with zero attached hydrogens (tertiary/aromatic N) is 2. The predicted molar refractivity (Wildman–Crippen MR) is 194 cm³/mol. The number of aromatic nitrogens is 1. The Hall–Kier alpha value is -5.97. The fourth-order valence-corrected chi connectivity index (χ4v) is 5.08. The molecular formula is C36H25Cl3F5N5O6. The summed E-state index contributed by atoms with van der Waals surface area (Å²) in [5.74, 6) is -3.49. The number of ether oxygens (including phenoxy) is 2. The lowest BCUT2D eigenvalue weighted by atomic mass is 10.1. The first-order valence-electron chi connectivity index (χ1n) is 15.2. The Morgan fingerprint density at radius 1 is 0.800 bits per heavy atom. The smallest absolute Gasteiger partial charge is 0.417 e. The Bertz CT molecular complexity index is 2190. The second-order valence-electron chi connectivity index (χ2n) is 10.5. The summed E-state index contributed by atoms with van der Waals surface area (Å²) in [6, 6.07) is 20.9. The minimum atomic E-state index is -4.67. The highest BCUT2D eigenvalue weighted by Crippen LogP contribution is 2.41. The number of hydrogen-bond donors (Lipinski definition) is 3. The van der Waals surface area contributed by atoms with Crippen molar-refractivity contribution in [2.45, 2.75) is 6.18 Å². The second-order valence-corrected chi connectivity index (χ2v) is 11.7. The van der Waals surface area contributed by atoms with Crippen LogP contribution in [0.4, 0.5) is 32.4 Å². The van der Waals surface area contributed by atoms with Crippen LogP contribution in [-0.4, -0.2) is 42.7 Å². The molecule has 3 N–H and O–H groups in total. The molecule has 0 aliphatic carbocycles. The van der Waals surface area contributed by atoms with E-state index in [9.17, 15) is 36.3 Å². The molecule has 11 nitrogen and oxygen atoms in total. The van der Waals surface area contributed by atoms with Crippen molar-refractivity contribution < 1.29 is 50.6 Å². The van der Waals surface area contributed by atoms with Crippen molar-refractivity contribution in [3.05, 3.63) is 141 Å². The van der Waals surface area contributed by atoms with Gasteiger partial charge in [0.1, 0.15) is 40.8 Å². The summed E-state index contributed by atoms with van der Waals surface area (Å²) in [6.45, 7) is 0. The minimum absolute atomic E-state index is 0.0619. The number of urea groups is 1. The van der Waals surface area contributed by atoms with E-state index in [0.29, 0.717) is 29.3 Å². The summed E-state index contributed by atoms with van der Waals surface area (Å²) in [5.41, 5.74) is -1.40. The van der Waals surface area contributed by atoms with Gasteiger partial charge in [0, 0.05) is 18.9 Å². The fraction of sp³-hybridized carbons (Fsp3) is 0.0833. The van der Waals surface area contributed by atoms with E-state index in [4.69, 9.17) is 49.1 Å². The minimum Gasteiger partial charge on any atom is -0.457 e. The Morgan fingerprint density at radius 3 is 2.00 bits per heavy atom. The van der Waals surface area contributed by atoms with Crippen LogP contribution in [-0.2, 0) is 15.8 Å². The van der Waals surface area contributed by atoms with Gasteiger partial charge in [0.25, 0.3) is 11.8 Å². The number of imide groups is 1. The largest absolute Gasteiger partial charge is 0.457 e. The van der Waals surface area contributed by atoms with Gasteiger partial charge in [-0.2, -0.15) is 13.2 Å². The van der Waals surface area contributed by atoms with Crippen LogP contribution in [0.2, 0.25) is 15.1 Å². The number of amides is 4. The first kappa shape index (κ1) is 41.8. The molecule has 0 aliphatic heterocycles. The van der Waals surface area contributed by atoms with E-state index >= 15 is 0 Å². The number of anilines is 1. The van der Waals surface area contributed by atoms with E-state index in [1.54, 1.807) is 23.5 Å². The molecule has 1 heterocycles. The number of oxime groups is 1. The molecule has 0 atom stereocenters. The number of para-hydroxylation sites is 2. The monoisotopic (exact) mass is 823 g/mol. The summed E-state index contributed by atoms with van der Waals surface area (Å²) in [5, 5.41) is 9.35. The molecule has 1 aromatic heterocycles. The van der Waals surface area contributed by atoms with E-state index in [2.05, 4.69) is 20.8 Å². The molecule has 0 bridgehead atoms. The zero-order valence-electron chi connectivity index (χ0n) is 28.1. The van der Waals surface area contributed by atoms with Gasteiger partial charge in [-0.1, -0.05) is 76.4 Å². The maximum Gasteiger partial charge on any atom is 0.417 e. The molecule has 5 rings (SSSR count). The lowest BCUT2D eigenvalue weighted by Gasteiger charge is -2.14. The molecule has 0 unspecified atom stereocenters. The third-order valence-corrected chi connectivity index (χ3v) is 7.58. The van der Waals surface area contributed by atoms with Gasteiger partial charge in [-0.25, -0.2) is 18.6 Å². The van der Waals surface area contributed by atoms with E-state index in [0.717, 1.165) is 30.3 Å². The lowest BCUT2D eigenvalue weighted by Crippen LogP contribution is -2.35. The fourth-order valence-electron chi connectivity index (χ4n) is 4.31. The van der Waals surface area contributed by atoms with Gasteiger partial charge in [-0.05, 0) is 54.6 Å². The number of halogens is 8. The SMILES string of the molecule is CNC(=O)/C(=N/OC)c1ccccc1Oc1ccccc1.O=C(NC(=O)c1c(F)cccc1F)Nc1cc(Cl)c(Oc2ncc(C(F)(F)F)cc2Cl)c(Cl)c1. The summed E-state index contributed by atoms with van der Waals surface area (Å²) >= 11 is 17.9. The standard InChI is InChI=1S/C20H9Cl3F5N3O3.C16H16N2O3/c21-10-5-9(30-19(33)31-17(32)15-13(24)2-1-3-14(15)25)6-11(22)16(10)34-18-12(23)4-8(7-29-18)20(26,27)28;1-17-16(19)15(18-20-2)13-10-6-7-11-14(13)21-12-8-4-3-5-9-12/h1-7H,(H2,30,31,32,33);3-11H,1-2H3,(H,17,19)/b;18-15+. The van der Waals surface area contributed by atoms with Gasteiger partial charge < -0.3 is 24.9 Å². The van der Waals surface area contributed by atoms with Crippen molar-refractivity contribution in [1.29, 1.82) is 0 Å². The number of likely N-dealkylation sites (N-methyl/N-ethyl adjacent to an activating group) is 1. The number of alkyl halides is 3. The molecule has 5 aromatic rings. The van der Waals surface area contributed by atoms with Crippen molar-refractivity contribution in [3.63, 3.8) is 0 Å². The average molecular weight is 825 g/mol. The number of nitrogens with one attached hydrogen (secondary N) is 3. The van der Waals surface area contributed by atoms with Crippen LogP contribution in [0.5, 0.6) is 23.1 Å². The molecule has 4 aromatic carbocycles. The van der Waals surface area contributed by atoms with Crippen LogP contribution in [0.1, 0.15) is 21.5 Å². The molecule has 286 valence electrons. The zero-order chi connectivity index (χ0) is 40.3. The van der Waals surface area contributed by atoms with Gasteiger partial charge in [0.05, 0.1) is 21.2 Å². The predicted octanol–water partition coefficient (Wildman–Crippen LogP) is 9.67. The normalized spacial score (nSPS) is 11.1. The average Bonchev–Trinajstić information content (AvgIpc) is 3.13. The van der Waals surface area contributed by atoms with Crippen molar-refractivity contribution in [2.75, 3.05) is 19.5 Å². The van der Waals surface area contributed by atoms with Crippen LogP contribution in [0.15, 0.2) is 102 Å². The Kier molecular flexibility index (Phi) is 14.3. The molecule has 0 aliphatic rings. The van der Waals surface area contributed by atoms with Crippen molar-refractivity contribution in [2.24, 2.45) is 5.16 Å². The molecule has 0 saturated carbocycles. The Morgan fingerprint density at radius 2 is 1.42 bits per heavy atom. The van der Waals surface area contributed by atoms with Crippen LogP contribution in [0.3, 0.4) is 0 Å². The molecule has 0 saturated heterocycles. The van der Waals surface area contributed by atoms with Gasteiger partial charge >= 0.3 is 12.2 Å². The second kappa shape index (κ2) is 18.9. The molecule has 0 radical (unpaired) electrons. The Balaban J connectivity index is 0.000000274. The van der Waals surface area contributed by atoms with Gasteiger partial charge in [0.2, 0.25) is 5.88 Å². The van der Waals surface area contributed by atoms with E-state index in [-0.39, 0.29) is 33.1 Å². The highest BCUT2D eigenvalue weighted by molar-refractivity contribution is 6.45. The number of benzene rings is 4. The van der Waals surface area contributed by atoms with Crippen molar-refractivity contribution in [1.82, 2.24) is 15.6 Å². The van der Waals surface area contributed by atoms with E-state index < -0.39 is 51.8 Å². The van der Waals surface area contributed by atoms with Crippen LogP contribution in [0.25, 0.3) is 0 Å². The quantitative estimate of drug-likeness (QED) is 0.0764. The number of carbonyl (C=O) groups is 3. The number of rotatable bonds is 9. The zero-order valence-corrected chi connectivity index (χ0v) is 30.4. The molecule has 0 spiro atoms. The number of hydrogen-bond acceptors (Lipinski definition) is 8. The van der Waals surface area contributed by atoms with Crippen LogP contribution >= 0.6 is 34.8 Å². The highest BCUT2D eigenvalue weighted by Gasteiger charge is 2.32. The first-order chi connectivity index (χ1) is 26.1. The highest BCUT2D eigenvalue weighted by atomic mass is 35.5. The lowest BCUT2D eigenvalue weighted by molar-refractivity contribution is -0.137. The topological polar surface area (TPSA) is 140 Å². The molecule has 55 heavy (non-hydrogen) atoms. The van der Waals surface area contributed by atoms with Crippen molar-refractivity contribution in [3.8, 4) is 23.1 Å². The first-order valence-corrected chi connectivity index (χ1v) is 16.4. The molecular weight excluding hydrogens is 800 g/mol. The summed E-state index contributed by atoms with van der Waals surface area (Å²) in [6.07, 6.45) is -4.17. The number of carbonyl (C=O) groups excluding carboxylic acids is 3. The summed E-state index contributed by atoms with van der Waals surface area (Å²) in [7, 11) is 2.93. The van der Waals surface area contributed by atoms with E-state index in [1.165, 1.54) is 14.2 Å². The summed E-state index contributed by atoms with van der Waals surface area (Å²) < 4.78 is 76.7. The molecule has 4 amide bonds. The summed E-state index contributed by atoms with van der Waals surface area (Å²) in [4.78, 5) is 44.2. The van der Waals surface area contributed by atoms with Crippen LogP contribution < -0.4 is 25.4 Å². The third kappa shape index (κ3) is 11.3. The number of pyridine rings is 1. The molecule has 0 fully saturated rings. The van der Waals surface area contributed by atoms with Crippen LogP contribution in [0, 0.1) is 11.6 Å². The van der Waals surface area contributed by atoms with Gasteiger partial charge in [0.15, 0.2) is 11.5 Å². The maximum absolute atomic E-state index is 13.7. The maximum atomic E-state index is 13.7. The third-order valence-electron chi connectivity index (χ3n) is 6.74. The van der Waals surface area contributed by atoms with Gasteiger partial charge in [-0.15, -0.1) is 0 Å². The van der Waals surface area contributed by atoms with Gasteiger partial charge in [-0.3, -0.25) is 14.9 Å². The van der Waals surface area contributed by atoms with E-state index in [1.807, 2.05) is 36.4 Å². The van der Waals surface area contributed by atoms with Crippen molar-refractivity contribution >= 4 is 64.0 Å².